The van der Waals surface area contributed by atoms with Crippen LogP contribution in [0.5, 0.6) is 17.2 Å². The van der Waals surface area contributed by atoms with Gasteiger partial charge in [-0.1, -0.05) is 34.8 Å². The first-order valence-corrected chi connectivity index (χ1v) is 5.79. The third kappa shape index (κ3) is 2.97. The molecule has 2 aromatic rings. The van der Waals surface area contributed by atoms with E-state index < -0.39 is 0 Å². The Hall–Kier alpha value is -1.09. The molecule has 2 aromatic carbocycles. The van der Waals surface area contributed by atoms with Gasteiger partial charge in [0.15, 0.2) is 11.5 Å². The van der Waals surface area contributed by atoms with Crippen molar-refractivity contribution in [2.24, 2.45) is 0 Å². The van der Waals surface area contributed by atoms with E-state index in [0.717, 1.165) is 0 Å². The van der Waals surface area contributed by atoms with E-state index in [1.807, 2.05) is 0 Å². The molecular formula is C12H7Cl3O2. The predicted octanol–water partition coefficient (Wildman–Crippen LogP) is 5.14. The van der Waals surface area contributed by atoms with Crippen molar-refractivity contribution in [1.82, 2.24) is 0 Å². The van der Waals surface area contributed by atoms with Gasteiger partial charge < -0.3 is 9.85 Å². The number of ether oxygens (including phenoxy) is 1. The minimum absolute atomic E-state index is 0.202. The Bertz CT molecular complexity index is 575. The molecule has 0 unspecified atom stereocenters. The number of halogens is 3. The van der Waals surface area contributed by atoms with Gasteiger partial charge in [-0.2, -0.15) is 0 Å². The van der Waals surface area contributed by atoms with Crippen LogP contribution >= 0.6 is 34.8 Å². The molecule has 0 aromatic heterocycles. The van der Waals surface area contributed by atoms with Crippen molar-refractivity contribution in [3.05, 3.63) is 51.5 Å². The lowest BCUT2D eigenvalue weighted by molar-refractivity contribution is 0.411. The van der Waals surface area contributed by atoms with Crippen LogP contribution in [-0.2, 0) is 0 Å². The van der Waals surface area contributed by atoms with Crippen LogP contribution in [0, 0.1) is 0 Å². The Balaban J connectivity index is 2.33. The van der Waals surface area contributed by atoms with Crippen molar-refractivity contribution in [3.8, 4) is 17.2 Å². The first kappa shape index (κ1) is 11.0. The maximum absolute atomic E-state index is 6.94. The number of rotatable bonds is 3. The SMILES string of the molecule is [2H]Oc1cc(Cl)ccc1Oc1ccc(Cl)cc1Cl. The highest BCUT2D eigenvalue weighted by atomic mass is 35.5. The van der Waals surface area contributed by atoms with Gasteiger partial charge in [0.1, 0.15) is 5.75 Å². The van der Waals surface area contributed by atoms with E-state index in [1.54, 1.807) is 30.3 Å². The molecule has 88 valence electrons. The monoisotopic (exact) mass is 289 g/mol. The van der Waals surface area contributed by atoms with Gasteiger partial charge in [0.2, 0.25) is 0 Å². The molecule has 0 saturated heterocycles. The van der Waals surface area contributed by atoms with Crippen LogP contribution in [0.3, 0.4) is 0 Å². The van der Waals surface area contributed by atoms with Crippen LogP contribution in [0.1, 0.15) is 0 Å². The lowest BCUT2D eigenvalue weighted by Crippen LogP contribution is -1.86. The first-order chi connectivity index (χ1) is 8.60. The Morgan fingerprint density at radius 1 is 0.941 bits per heavy atom. The van der Waals surface area contributed by atoms with Gasteiger partial charge in [0.25, 0.3) is 1.43 Å². The average Bonchev–Trinajstić information content (AvgIpc) is 2.34. The maximum Gasteiger partial charge on any atom is 0.293 e. The number of hydrogen-bond donors (Lipinski definition) is 1. The van der Waals surface area contributed by atoms with Crippen LogP contribution in [0.25, 0.3) is 0 Å². The van der Waals surface area contributed by atoms with Crippen molar-refractivity contribution in [1.29, 1.82) is 1.43 Å². The predicted molar refractivity (Wildman–Crippen MR) is 69.7 cm³/mol. The second-order valence-corrected chi connectivity index (χ2v) is 4.55. The van der Waals surface area contributed by atoms with E-state index in [1.165, 1.54) is 6.07 Å². The molecular weight excluding hydrogens is 282 g/mol. The van der Waals surface area contributed by atoms with Gasteiger partial charge in [-0.25, -0.2) is 0 Å². The molecule has 0 amide bonds. The fourth-order valence-corrected chi connectivity index (χ4v) is 1.85. The Kier molecular flexibility index (Phi) is 3.27. The molecule has 17 heavy (non-hydrogen) atoms. The highest BCUT2D eigenvalue weighted by Gasteiger charge is 2.08. The van der Waals surface area contributed by atoms with Crippen LogP contribution in [0.15, 0.2) is 36.4 Å². The summed E-state index contributed by atoms with van der Waals surface area (Å²) in [5.41, 5.74) is 0. The standard InChI is InChI=1S/C12H7Cl3O2/c13-7-1-3-11(9(15)5-7)17-12-4-2-8(14)6-10(12)16/h1-6,16H/i/hD. The molecule has 0 aliphatic carbocycles. The molecule has 5 heteroatoms. The van der Waals surface area contributed by atoms with Gasteiger partial charge in [-0.05, 0) is 30.3 Å². The normalized spacial score (nSPS) is 10.9. The number of aromatic hydroxyl groups is 1. The zero-order valence-corrected chi connectivity index (χ0v) is 10.7. The van der Waals surface area contributed by atoms with Crippen LogP contribution < -0.4 is 4.74 Å². The number of benzene rings is 2. The molecule has 2 nitrogen and oxygen atoms in total. The minimum atomic E-state index is 0.202. The van der Waals surface area contributed by atoms with Gasteiger partial charge in [-0.15, -0.1) is 0 Å². The summed E-state index contributed by atoms with van der Waals surface area (Å²) in [5, 5.41) is 5.77. The van der Waals surface area contributed by atoms with Gasteiger partial charge in [-0.3, -0.25) is 0 Å². The maximum atomic E-state index is 6.94. The summed E-state index contributed by atoms with van der Waals surface area (Å²) in [5.74, 6) is 0.967. The van der Waals surface area contributed by atoms with Gasteiger partial charge in [0.05, 0.1) is 5.02 Å². The van der Waals surface area contributed by atoms with Crippen molar-refractivity contribution in [2.45, 2.75) is 0 Å². The van der Waals surface area contributed by atoms with Gasteiger partial charge in [0, 0.05) is 16.1 Å². The molecule has 0 fully saturated rings. The van der Waals surface area contributed by atoms with E-state index in [2.05, 4.69) is 5.11 Å². The quantitative estimate of drug-likeness (QED) is 0.847. The lowest BCUT2D eigenvalue weighted by atomic mass is 10.3. The summed E-state index contributed by atoms with van der Waals surface area (Å²) in [7, 11) is 0. The Morgan fingerprint density at radius 3 is 2.24 bits per heavy atom. The van der Waals surface area contributed by atoms with E-state index >= 15 is 0 Å². The lowest BCUT2D eigenvalue weighted by Gasteiger charge is -2.09. The van der Waals surface area contributed by atoms with Crippen molar-refractivity contribution < 1.29 is 9.85 Å². The second kappa shape index (κ2) is 5.05. The fourth-order valence-electron chi connectivity index (χ4n) is 1.24. The number of phenols is 1. The van der Waals surface area contributed by atoms with E-state index in [9.17, 15) is 0 Å². The molecule has 0 heterocycles. The minimum Gasteiger partial charge on any atom is -0.504 e. The third-order valence-corrected chi connectivity index (χ3v) is 2.79. The molecule has 0 aliphatic rings. The molecule has 0 radical (unpaired) electrons. The van der Waals surface area contributed by atoms with E-state index in [-0.39, 0.29) is 5.75 Å². The Morgan fingerprint density at radius 2 is 1.59 bits per heavy atom. The first-order valence-electron chi connectivity index (χ1n) is 5.06. The molecule has 0 bridgehead atoms. The van der Waals surface area contributed by atoms with Crippen LogP contribution in [0.2, 0.25) is 15.1 Å². The molecule has 0 atom stereocenters. The molecule has 0 saturated carbocycles. The van der Waals surface area contributed by atoms with Gasteiger partial charge >= 0.3 is 0 Å². The van der Waals surface area contributed by atoms with Crippen molar-refractivity contribution in [2.75, 3.05) is 0 Å². The summed E-state index contributed by atoms with van der Waals surface area (Å²) < 4.78 is 12.5. The van der Waals surface area contributed by atoms with E-state index in [4.69, 9.17) is 41.0 Å². The molecule has 0 spiro atoms. The van der Waals surface area contributed by atoms with Crippen LogP contribution in [0.4, 0.5) is 0 Å². The van der Waals surface area contributed by atoms with Crippen molar-refractivity contribution >= 4 is 34.8 Å². The molecule has 2 rings (SSSR count). The molecule has 1 N–H and O–H groups in total. The highest BCUT2D eigenvalue weighted by molar-refractivity contribution is 6.35. The number of phenolic OH excluding ortho intramolecular Hbond substituents is 1. The highest BCUT2D eigenvalue weighted by Crippen LogP contribution is 2.36. The summed E-state index contributed by atoms with van der Waals surface area (Å²) in [6, 6.07) is 9.55. The zero-order valence-electron chi connectivity index (χ0n) is 9.41. The second-order valence-electron chi connectivity index (χ2n) is 3.27. The van der Waals surface area contributed by atoms with Crippen LogP contribution in [-0.4, -0.2) is 6.54 Å². The third-order valence-electron chi connectivity index (χ3n) is 2.02. The smallest absolute Gasteiger partial charge is 0.293 e. The largest absolute Gasteiger partial charge is 0.504 e. The van der Waals surface area contributed by atoms with Crippen molar-refractivity contribution in [3.63, 3.8) is 0 Å². The topological polar surface area (TPSA) is 29.5 Å². The number of hydrogen-bond acceptors (Lipinski definition) is 2. The average molecular weight is 291 g/mol. The zero-order chi connectivity index (χ0) is 13.1. The molecule has 0 aliphatic heterocycles. The summed E-state index contributed by atoms with van der Waals surface area (Å²) in [6.45, 7) is 0. The summed E-state index contributed by atoms with van der Waals surface area (Å²) in [6.07, 6.45) is 0. The fraction of sp³-hybridized carbons (Fsp3) is 0. The Labute approximate surface area is 115 Å². The summed E-state index contributed by atoms with van der Waals surface area (Å²) >= 11 is 17.6. The summed E-state index contributed by atoms with van der Waals surface area (Å²) in [4.78, 5) is 0. The van der Waals surface area contributed by atoms with E-state index in [0.29, 0.717) is 26.6 Å².